The highest BCUT2D eigenvalue weighted by Crippen LogP contribution is 2.22. The average molecular weight is 420 g/mol. The quantitative estimate of drug-likeness (QED) is 0.499. The summed E-state index contributed by atoms with van der Waals surface area (Å²) in [4.78, 5) is 12.0. The number of hydrogen-bond donors (Lipinski definition) is 1. The summed E-state index contributed by atoms with van der Waals surface area (Å²) in [7, 11) is 0. The maximum absolute atomic E-state index is 12.0. The molecule has 1 amide bonds. The van der Waals surface area contributed by atoms with Crippen LogP contribution in [0.5, 0.6) is 11.5 Å². The normalized spacial score (nSPS) is 10.4. The third-order valence-electron chi connectivity index (χ3n) is 3.90. The Labute approximate surface area is 164 Å². The Morgan fingerprint density at radius 2 is 1.81 bits per heavy atom. The highest BCUT2D eigenvalue weighted by Gasteiger charge is 2.06. The number of hydrogen-bond acceptors (Lipinski definition) is 3. The fraction of sp³-hybridized carbons (Fsp3) is 0.381. The maximum Gasteiger partial charge on any atom is 0.262 e. The topological polar surface area (TPSA) is 47.6 Å². The van der Waals surface area contributed by atoms with Crippen LogP contribution in [0.4, 0.5) is 5.69 Å². The molecule has 0 aliphatic heterocycles. The van der Waals surface area contributed by atoms with Crippen molar-refractivity contribution in [3.05, 3.63) is 52.5 Å². The second kappa shape index (κ2) is 10.9. The summed E-state index contributed by atoms with van der Waals surface area (Å²) in [5.74, 6) is 1.33. The molecule has 0 aliphatic carbocycles. The van der Waals surface area contributed by atoms with Gasteiger partial charge < -0.3 is 14.8 Å². The van der Waals surface area contributed by atoms with Gasteiger partial charge in [-0.05, 0) is 61.4 Å². The van der Waals surface area contributed by atoms with Crippen molar-refractivity contribution in [3.63, 3.8) is 0 Å². The van der Waals surface area contributed by atoms with Gasteiger partial charge >= 0.3 is 0 Å². The molecule has 0 saturated heterocycles. The van der Waals surface area contributed by atoms with Gasteiger partial charge in [-0.25, -0.2) is 0 Å². The number of carbonyl (C=O) groups excluding carboxylic acids is 1. The molecular formula is C21H26BrNO3. The molecule has 2 aromatic rings. The smallest absolute Gasteiger partial charge is 0.262 e. The summed E-state index contributed by atoms with van der Waals surface area (Å²) in [6, 6.07) is 13.1. The number of anilines is 1. The van der Waals surface area contributed by atoms with Gasteiger partial charge in [0.15, 0.2) is 6.61 Å². The Morgan fingerprint density at radius 3 is 2.50 bits per heavy atom. The Bertz CT molecular complexity index is 701. The predicted octanol–water partition coefficient (Wildman–Crippen LogP) is 5.73. The van der Waals surface area contributed by atoms with Gasteiger partial charge in [0, 0.05) is 10.2 Å². The van der Waals surface area contributed by atoms with Crippen LogP contribution in [0.2, 0.25) is 0 Å². The standard InChI is InChI=1S/C21H26BrNO3/c1-3-4-5-6-13-25-19-10-8-18(9-11-19)23-21(24)15-26-20-12-7-17(22)14-16(20)2/h7-12,14H,3-6,13,15H2,1-2H3,(H,23,24). The third-order valence-corrected chi connectivity index (χ3v) is 4.39. The SMILES string of the molecule is CCCCCCOc1ccc(NC(=O)COc2ccc(Br)cc2C)cc1. The minimum atomic E-state index is -0.194. The first kappa shape index (κ1) is 20.3. The van der Waals surface area contributed by atoms with Crippen molar-refractivity contribution in [1.29, 1.82) is 0 Å². The van der Waals surface area contributed by atoms with E-state index in [0.29, 0.717) is 5.75 Å². The predicted molar refractivity (Wildman–Crippen MR) is 109 cm³/mol. The number of carbonyl (C=O) groups is 1. The number of halogens is 1. The van der Waals surface area contributed by atoms with Crippen LogP contribution < -0.4 is 14.8 Å². The van der Waals surface area contributed by atoms with Gasteiger partial charge in [-0.15, -0.1) is 0 Å². The minimum absolute atomic E-state index is 0.0296. The summed E-state index contributed by atoms with van der Waals surface area (Å²) in [5.41, 5.74) is 1.71. The van der Waals surface area contributed by atoms with Gasteiger partial charge in [0.2, 0.25) is 0 Å². The molecule has 140 valence electrons. The molecule has 0 atom stereocenters. The molecule has 0 spiro atoms. The zero-order valence-electron chi connectivity index (χ0n) is 15.4. The number of amides is 1. The summed E-state index contributed by atoms with van der Waals surface area (Å²) in [6.45, 7) is 4.84. The number of benzene rings is 2. The molecule has 2 aromatic carbocycles. The van der Waals surface area contributed by atoms with Gasteiger partial charge in [-0.2, -0.15) is 0 Å². The Hall–Kier alpha value is -2.01. The molecule has 1 N–H and O–H groups in total. The van der Waals surface area contributed by atoms with Gasteiger partial charge in [-0.1, -0.05) is 42.1 Å². The van der Waals surface area contributed by atoms with Crippen LogP contribution >= 0.6 is 15.9 Å². The highest BCUT2D eigenvalue weighted by molar-refractivity contribution is 9.10. The molecule has 0 fully saturated rings. The minimum Gasteiger partial charge on any atom is -0.494 e. The van der Waals surface area contributed by atoms with E-state index in [1.165, 1.54) is 19.3 Å². The lowest BCUT2D eigenvalue weighted by Crippen LogP contribution is -2.20. The Kier molecular flexibility index (Phi) is 8.48. The van der Waals surface area contributed by atoms with E-state index in [1.807, 2.05) is 49.4 Å². The van der Waals surface area contributed by atoms with E-state index in [0.717, 1.165) is 34.5 Å². The Morgan fingerprint density at radius 1 is 1.04 bits per heavy atom. The van der Waals surface area contributed by atoms with Crippen molar-refractivity contribution in [2.75, 3.05) is 18.5 Å². The number of rotatable bonds is 10. The number of aryl methyl sites for hydroxylation is 1. The zero-order chi connectivity index (χ0) is 18.8. The monoisotopic (exact) mass is 419 g/mol. The third kappa shape index (κ3) is 7.08. The van der Waals surface area contributed by atoms with E-state index in [9.17, 15) is 4.79 Å². The molecular weight excluding hydrogens is 394 g/mol. The fourth-order valence-electron chi connectivity index (χ4n) is 2.47. The lowest BCUT2D eigenvalue weighted by molar-refractivity contribution is -0.118. The first-order valence-corrected chi connectivity index (χ1v) is 9.79. The molecule has 0 heterocycles. The second-order valence-electron chi connectivity index (χ2n) is 6.18. The van der Waals surface area contributed by atoms with E-state index < -0.39 is 0 Å². The van der Waals surface area contributed by atoms with E-state index >= 15 is 0 Å². The van der Waals surface area contributed by atoms with Crippen molar-refractivity contribution in [1.82, 2.24) is 0 Å². The van der Waals surface area contributed by atoms with Gasteiger partial charge in [0.1, 0.15) is 11.5 Å². The maximum atomic E-state index is 12.0. The second-order valence-corrected chi connectivity index (χ2v) is 7.10. The van der Waals surface area contributed by atoms with Crippen molar-refractivity contribution >= 4 is 27.5 Å². The van der Waals surface area contributed by atoms with E-state index in [1.54, 1.807) is 0 Å². The van der Waals surface area contributed by atoms with E-state index in [-0.39, 0.29) is 12.5 Å². The van der Waals surface area contributed by atoms with E-state index in [4.69, 9.17) is 9.47 Å². The lowest BCUT2D eigenvalue weighted by Gasteiger charge is -2.10. The van der Waals surface area contributed by atoms with Crippen molar-refractivity contribution in [2.45, 2.75) is 39.5 Å². The van der Waals surface area contributed by atoms with Crippen LogP contribution in [0.1, 0.15) is 38.2 Å². The zero-order valence-corrected chi connectivity index (χ0v) is 17.0. The summed E-state index contributed by atoms with van der Waals surface area (Å²) < 4.78 is 12.3. The Balaban J connectivity index is 1.74. The number of nitrogens with one attached hydrogen (secondary N) is 1. The molecule has 5 heteroatoms. The molecule has 0 saturated carbocycles. The summed E-state index contributed by atoms with van der Waals surface area (Å²) >= 11 is 3.41. The summed E-state index contributed by atoms with van der Waals surface area (Å²) in [6.07, 6.45) is 4.73. The average Bonchev–Trinajstić information content (AvgIpc) is 2.62. The molecule has 2 rings (SSSR count). The largest absolute Gasteiger partial charge is 0.494 e. The molecule has 0 aromatic heterocycles. The summed E-state index contributed by atoms with van der Waals surface area (Å²) in [5, 5.41) is 2.83. The van der Waals surface area contributed by atoms with Crippen molar-refractivity contribution < 1.29 is 14.3 Å². The molecule has 0 bridgehead atoms. The van der Waals surface area contributed by atoms with Crippen molar-refractivity contribution in [2.24, 2.45) is 0 Å². The van der Waals surface area contributed by atoms with Crippen LogP contribution in [0.25, 0.3) is 0 Å². The van der Waals surface area contributed by atoms with Gasteiger partial charge in [-0.3, -0.25) is 4.79 Å². The van der Waals surface area contributed by atoms with Crippen molar-refractivity contribution in [3.8, 4) is 11.5 Å². The van der Waals surface area contributed by atoms with Crippen LogP contribution in [-0.2, 0) is 4.79 Å². The van der Waals surface area contributed by atoms with Crippen LogP contribution in [0.3, 0.4) is 0 Å². The van der Waals surface area contributed by atoms with E-state index in [2.05, 4.69) is 28.2 Å². The number of unbranched alkanes of at least 4 members (excludes halogenated alkanes) is 3. The molecule has 26 heavy (non-hydrogen) atoms. The fourth-order valence-corrected chi connectivity index (χ4v) is 2.94. The van der Waals surface area contributed by atoms with Gasteiger partial charge in [0.05, 0.1) is 6.61 Å². The van der Waals surface area contributed by atoms with Crippen LogP contribution in [-0.4, -0.2) is 19.1 Å². The first-order valence-electron chi connectivity index (χ1n) is 9.00. The molecule has 0 radical (unpaired) electrons. The molecule has 0 unspecified atom stereocenters. The lowest BCUT2D eigenvalue weighted by atomic mass is 10.2. The number of ether oxygens (including phenoxy) is 2. The van der Waals surface area contributed by atoms with Crippen LogP contribution in [0, 0.1) is 6.92 Å². The first-order chi connectivity index (χ1) is 12.6. The molecule has 4 nitrogen and oxygen atoms in total. The van der Waals surface area contributed by atoms with Gasteiger partial charge in [0.25, 0.3) is 5.91 Å². The molecule has 0 aliphatic rings. The van der Waals surface area contributed by atoms with Crippen LogP contribution in [0.15, 0.2) is 46.9 Å². The highest BCUT2D eigenvalue weighted by atomic mass is 79.9.